The summed E-state index contributed by atoms with van der Waals surface area (Å²) < 4.78 is 7.73. The number of carboxylic acids is 1. The summed E-state index contributed by atoms with van der Waals surface area (Å²) >= 11 is 2.20. The van der Waals surface area contributed by atoms with Gasteiger partial charge in [-0.2, -0.15) is 5.10 Å². The lowest BCUT2D eigenvalue weighted by Crippen LogP contribution is -2.01. The molecule has 6 nitrogen and oxygen atoms in total. The zero-order chi connectivity index (χ0) is 15.0. The Kier molecular flexibility index (Phi) is 3.50. The van der Waals surface area contributed by atoms with E-state index in [1.54, 1.807) is 10.7 Å². The molecule has 0 aliphatic heterocycles. The molecule has 0 amide bonds. The van der Waals surface area contributed by atoms with Gasteiger partial charge in [-0.05, 0) is 40.8 Å². The maximum atomic E-state index is 11.3. The number of carbonyl (C=O) groups is 1. The smallest absolute Gasteiger partial charge is 0.357 e. The minimum atomic E-state index is -1.09. The summed E-state index contributed by atoms with van der Waals surface area (Å²) in [7, 11) is 1.51. The van der Waals surface area contributed by atoms with E-state index in [1.165, 1.54) is 13.3 Å². The molecule has 2 aromatic heterocycles. The minimum absolute atomic E-state index is 0.0287. The van der Waals surface area contributed by atoms with E-state index in [2.05, 4.69) is 32.7 Å². The molecule has 0 bridgehead atoms. The first-order valence-electron chi connectivity index (χ1n) is 6.02. The molecule has 0 fully saturated rings. The number of ether oxygens (including phenoxy) is 1. The fourth-order valence-corrected chi connectivity index (χ4v) is 2.59. The molecule has 2 heterocycles. The second-order valence-corrected chi connectivity index (χ2v) is 5.53. The Morgan fingerprint density at radius 1 is 1.38 bits per heavy atom. The SMILES string of the molecule is COc1cc2c(cn1)c(C(=O)O)nn2-c1cccc(I)c1. The molecule has 1 aromatic carbocycles. The van der Waals surface area contributed by atoms with Crippen LogP contribution in [-0.4, -0.2) is 33.0 Å². The van der Waals surface area contributed by atoms with Crippen LogP contribution in [0.4, 0.5) is 0 Å². The van der Waals surface area contributed by atoms with E-state index in [1.807, 2.05) is 24.3 Å². The second-order valence-electron chi connectivity index (χ2n) is 4.29. The summed E-state index contributed by atoms with van der Waals surface area (Å²) in [5.74, 6) is -0.678. The van der Waals surface area contributed by atoms with Crippen LogP contribution in [0.15, 0.2) is 36.5 Å². The molecule has 0 spiro atoms. The third-order valence-electron chi connectivity index (χ3n) is 3.00. The quantitative estimate of drug-likeness (QED) is 0.691. The van der Waals surface area contributed by atoms with E-state index in [0.29, 0.717) is 16.8 Å². The first kappa shape index (κ1) is 13.8. The lowest BCUT2D eigenvalue weighted by molar-refractivity contribution is 0.0692. The monoisotopic (exact) mass is 395 g/mol. The Hall–Kier alpha value is -2.16. The number of benzene rings is 1. The number of rotatable bonds is 3. The number of methoxy groups -OCH3 is 1. The standard InChI is InChI=1S/C14H10IN3O3/c1-21-12-6-11-10(7-16-12)13(14(19)20)17-18(11)9-4-2-3-8(15)5-9/h2-7H,1H3,(H,19,20). The highest BCUT2D eigenvalue weighted by molar-refractivity contribution is 14.1. The second kappa shape index (κ2) is 5.32. The van der Waals surface area contributed by atoms with Crippen LogP contribution in [0.25, 0.3) is 16.6 Å². The number of hydrogen-bond acceptors (Lipinski definition) is 4. The molecule has 21 heavy (non-hydrogen) atoms. The van der Waals surface area contributed by atoms with Crippen molar-refractivity contribution in [1.29, 1.82) is 0 Å². The lowest BCUT2D eigenvalue weighted by Gasteiger charge is -2.04. The molecular weight excluding hydrogens is 385 g/mol. The zero-order valence-electron chi connectivity index (χ0n) is 10.9. The minimum Gasteiger partial charge on any atom is -0.481 e. The Morgan fingerprint density at radius 2 is 2.19 bits per heavy atom. The van der Waals surface area contributed by atoms with Gasteiger partial charge in [0.05, 0.1) is 23.7 Å². The number of halogens is 1. The van der Waals surface area contributed by atoms with Crippen molar-refractivity contribution in [2.45, 2.75) is 0 Å². The topological polar surface area (TPSA) is 77.2 Å². The van der Waals surface area contributed by atoms with E-state index in [0.717, 1.165) is 9.26 Å². The van der Waals surface area contributed by atoms with Crippen molar-refractivity contribution < 1.29 is 14.6 Å². The van der Waals surface area contributed by atoms with Crippen molar-refractivity contribution in [2.75, 3.05) is 7.11 Å². The number of carboxylic acid groups (broad SMARTS) is 1. The molecule has 0 aliphatic rings. The number of nitrogens with zero attached hydrogens (tertiary/aromatic N) is 3. The molecule has 0 atom stereocenters. The van der Waals surface area contributed by atoms with Crippen molar-refractivity contribution in [1.82, 2.24) is 14.8 Å². The summed E-state index contributed by atoms with van der Waals surface area (Å²) in [4.78, 5) is 15.4. The van der Waals surface area contributed by atoms with Gasteiger partial charge in [0, 0.05) is 15.8 Å². The molecule has 0 radical (unpaired) electrons. The average molecular weight is 395 g/mol. The highest BCUT2D eigenvalue weighted by atomic mass is 127. The highest BCUT2D eigenvalue weighted by Gasteiger charge is 2.18. The van der Waals surface area contributed by atoms with E-state index in [9.17, 15) is 9.90 Å². The molecule has 7 heteroatoms. The van der Waals surface area contributed by atoms with Crippen LogP contribution in [0.3, 0.4) is 0 Å². The maximum absolute atomic E-state index is 11.3. The zero-order valence-corrected chi connectivity index (χ0v) is 13.1. The summed E-state index contributed by atoms with van der Waals surface area (Å²) in [6.45, 7) is 0. The third kappa shape index (κ3) is 2.44. The molecule has 3 aromatic rings. The number of aromatic carboxylic acids is 1. The molecule has 3 rings (SSSR count). The van der Waals surface area contributed by atoms with Crippen molar-refractivity contribution in [3.63, 3.8) is 0 Å². The van der Waals surface area contributed by atoms with Crippen molar-refractivity contribution in [2.24, 2.45) is 0 Å². The summed E-state index contributed by atoms with van der Waals surface area (Å²) in [6, 6.07) is 9.31. The van der Waals surface area contributed by atoms with Crippen LogP contribution in [0.5, 0.6) is 5.88 Å². The third-order valence-corrected chi connectivity index (χ3v) is 3.68. The van der Waals surface area contributed by atoms with Crippen molar-refractivity contribution in [3.05, 3.63) is 45.8 Å². The van der Waals surface area contributed by atoms with Gasteiger partial charge < -0.3 is 9.84 Å². The highest BCUT2D eigenvalue weighted by Crippen LogP contribution is 2.25. The molecule has 1 N–H and O–H groups in total. The average Bonchev–Trinajstić information content (AvgIpc) is 2.86. The van der Waals surface area contributed by atoms with E-state index in [-0.39, 0.29) is 5.69 Å². The Balaban J connectivity index is 2.33. The van der Waals surface area contributed by atoms with Gasteiger partial charge in [0.2, 0.25) is 5.88 Å². The first-order chi connectivity index (χ1) is 10.1. The van der Waals surface area contributed by atoms with Gasteiger partial charge in [-0.3, -0.25) is 0 Å². The molecule has 0 unspecified atom stereocenters. The van der Waals surface area contributed by atoms with Gasteiger partial charge >= 0.3 is 5.97 Å². The Labute approximate surface area is 133 Å². The van der Waals surface area contributed by atoms with Gasteiger partial charge in [-0.15, -0.1) is 0 Å². The normalized spacial score (nSPS) is 10.8. The summed E-state index contributed by atoms with van der Waals surface area (Å²) in [5.41, 5.74) is 1.40. The predicted octanol–water partition coefficient (Wildman–Crippen LogP) is 2.73. The summed E-state index contributed by atoms with van der Waals surface area (Å²) in [5, 5.41) is 14.0. The Bertz CT molecular complexity index is 845. The van der Waals surface area contributed by atoms with E-state index < -0.39 is 5.97 Å². The van der Waals surface area contributed by atoms with Crippen LogP contribution < -0.4 is 4.74 Å². The largest absolute Gasteiger partial charge is 0.481 e. The van der Waals surface area contributed by atoms with Gasteiger partial charge in [0.25, 0.3) is 0 Å². The van der Waals surface area contributed by atoms with Crippen LogP contribution in [0.1, 0.15) is 10.5 Å². The molecule has 0 aliphatic carbocycles. The fraction of sp³-hybridized carbons (Fsp3) is 0.0714. The van der Waals surface area contributed by atoms with Crippen molar-refractivity contribution in [3.8, 4) is 11.6 Å². The maximum Gasteiger partial charge on any atom is 0.357 e. The fourth-order valence-electron chi connectivity index (χ4n) is 2.07. The van der Waals surface area contributed by atoms with Crippen LogP contribution in [-0.2, 0) is 0 Å². The van der Waals surface area contributed by atoms with Crippen LogP contribution in [0.2, 0.25) is 0 Å². The van der Waals surface area contributed by atoms with Crippen molar-refractivity contribution >= 4 is 39.5 Å². The molecule has 0 saturated carbocycles. The molecule has 106 valence electrons. The van der Waals surface area contributed by atoms with Crippen LogP contribution >= 0.6 is 22.6 Å². The Morgan fingerprint density at radius 3 is 2.86 bits per heavy atom. The van der Waals surface area contributed by atoms with Gasteiger partial charge in [-0.1, -0.05) is 6.07 Å². The number of hydrogen-bond donors (Lipinski definition) is 1. The number of aromatic nitrogens is 3. The first-order valence-corrected chi connectivity index (χ1v) is 7.10. The number of pyridine rings is 1. The van der Waals surface area contributed by atoms with E-state index in [4.69, 9.17) is 4.74 Å². The van der Waals surface area contributed by atoms with E-state index >= 15 is 0 Å². The van der Waals surface area contributed by atoms with Gasteiger partial charge in [0.1, 0.15) is 0 Å². The molecular formula is C14H10IN3O3. The van der Waals surface area contributed by atoms with Gasteiger partial charge in [0.15, 0.2) is 5.69 Å². The number of fused-ring (bicyclic) bond motifs is 1. The molecule has 0 saturated heterocycles. The summed E-state index contributed by atoms with van der Waals surface area (Å²) in [6.07, 6.45) is 1.47. The predicted molar refractivity (Wildman–Crippen MR) is 85.1 cm³/mol. The lowest BCUT2D eigenvalue weighted by atomic mass is 10.2. The van der Waals surface area contributed by atoms with Gasteiger partial charge in [-0.25, -0.2) is 14.5 Å². The van der Waals surface area contributed by atoms with Crippen LogP contribution in [0, 0.1) is 3.57 Å².